The first kappa shape index (κ1) is 19.2. The van der Waals surface area contributed by atoms with E-state index in [1.807, 2.05) is 0 Å². The Bertz CT molecular complexity index is 752. The molecule has 0 heterocycles. The molecule has 0 atom stereocenters. The number of anilines is 1. The van der Waals surface area contributed by atoms with E-state index in [9.17, 15) is 18.4 Å². The maximum Gasteiger partial charge on any atom is 0.387 e. The molecule has 0 saturated heterocycles. The average molecular weight is 363 g/mol. The number of benzene rings is 2. The fraction of sp³-hybridized carbons (Fsp3) is 0.222. The molecule has 8 heteroatoms. The predicted octanol–water partition coefficient (Wildman–Crippen LogP) is 2.16. The van der Waals surface area contributed by atoms with E-state index >= 15 is 0 Å². The van der Waals surface area contributed by atoms with E-state index in [-0.39, 0.29) is 18.2 Å². The van der Waals surface area contributed by atoms with Gasteiger partial charge in [-0.2, -0.15) is 8.78 Å². The molecule has 0 aliphatic rings. The third-order valence-corrected chi connectivity index (χ3v) is 3.52. The minimum Gasteiger partial charge on any atom is -0.435 e. The van der Waals surface area contributed by atoms with Gasteiger partial charge >= 0.3 is 6.61 Å². The Kier molecular flexibility index (Phi) is 6.90. The number of primary amides is 1. The average Bonchev–Trinajstić information content (AvgIpc) is 2.61. The lowest BCUT2D eigenvalue weighted by molar-refractivity contribution is -0.119. The molecule has 2 rings (SSSR count). The largest absolute Gasteiger partial charge is 0.435 e. The summed E-state index contributed by atoms with van der Waals surface area (Å²) in [5, 5.41) is 5.60. The lowest BCUT2D eigenvalue weighted by Gasteiger charge is -2.10. The summed E-state index contributed by atoms with van der Waals surface area (Å²) in [4.78, 5) is 23.2. The summed E-state index contributed by atoms with van der Waals surface area (Å²) in [6.07, 6.45) is 0.540. The van der Waals surface area contributed by atoms with Crippen molar-refractivity contribution in [2.45, 2.75) is 13.0 Å². The van der Waals surface area contributed by atoms with Gasteiger partial charge in [-0.15, -0.1) is 0 Å². The Balaban J connectivity index is 1.75. The molecule has 0 saturated carbocycles. The van der Waals surface area contributed by atoms with Crippen LogP contribution in [0.5, 0.6) is 5.75 Å². The van der Waals surface area contributed by atoms with Gasteiger partial charge in [-0.05, 0) is 36.2 Å². The third-order valence-electron chi connectivity index (χ3n) is 3.52. The van der Waals surface area contributed by atoms with Gasteiger partial charge in [0.25, 0.3) is 5.91 Å². The summed E-state index contributed by atoms with van der Waals surface area (Å²) in [5.74, 6) is -0.736. The van der Waals surface area contributed by atoms with Crippen LogP contribution in [0.4, 0.5) is 14.5 Å². The molecule has 138 valence electrons. The number of para-hydroxylation sites is 1. The smallest absolute Gasteiger partial charge is 0.387 e. The maximum atomic E-state index is 12.1. The Hall–Kier alpha value is -3.16. The number of carbonyl (C=O) groups is 2. The second-order valence-corrected chi connectivity index (χ2v) is 5.39. The highest BCUT2D eigenvalue weighted by molar-refractivity contribution is 5.98. The fourth-order valence-electron chi connectivity index (χ4n) is 2.27. The van der Waals surface area contributed by atoms with Gasteiger partial charge in [0.1, 0.15) is 5.75 Å². The van der Waals surface area contributed by atoms with E-state index in [0.29, 0.717) is 24.2 Å². The van der Waals surface area contributed by atoms with Crippen molar-refractivity contribution in [1.82, 2.24) is 5.32 Å². The van der Waals surface area contributed by atoms with E-state index in [1.54, 1.807) is 36.4 Å². The lowest BCUT2D eigenvalue weighted by atomic mass is 10.1. The first-order valence-corrected chi connectivity index (χ1v) is 7.89. The van der Waals surface area contributed by atoms with Gasteiger partial charge in [0, 0.05) is 12.2 Å². The standard InChI is InChI=1S/C18H19F2N3O3/c19-18(20)26-13-7-5-12(6-8-13)9-10-22-16(24)11-23-15-4-2-1-3-14(15)17(21)25/h1-8,18,23H,9-11H2,(H2,21,25)(H,22,24). The van der Waals surface area contributed by atoms with Crippen LogP contribution < -0.4 is 21.1 Å². The summed E-state index contributed by atoms with van der Waals surface area (Å²) >= 11 is 0. The van der Waals surface area contributed by atoms with Crippen LogP contribution in [-0.2, 0) is 11.2 Å². The molecule has 2 aromatic rings. The third kappa shape index (κ3) is 6.04. The molecule has 0 radical (unpaired) electrons. The van der Waals surface area contributed by atoms with Crippen molar-refractivity contribution in [3.8, 4) is 5.75 Å². The normalized spacial score (nSPS) is 10.4. The molecule has 2 aromatic carbocycles. The maximum absolute atomic E-state index is 12.1. The van der Waals surface area contributed by atoms with Crippen molar-refractivity contribution in [3.05, 3.63) is 59.7 Å². The lowest BCUT2D eigenvalue weighted by Crippen LogP contribution is -2.31. The van der Waals surface area contributed by atoms with Crippen LogP contribution in [0.1, 0.15) is 15.9 Å². The zero-order valence-electron chi connectivity index (χ0n) is 13.9. The van der Waals surface area contributed by atoms with E-state index in [2.05, 4.69) is 15.4 Å². The molecule has 0 bridgehead atoms. The predicted molar refractivity (Wildman–Crippen MR) is 93.2 cm³/mol. The summed E-state index contributed by atoms with van der Waals surface area (Å²) < 4.78 is 28.4. The van der Waals surface area contributed by atoms with E-state index in [1.165, 1.54) is 12.1 Å². The SMILES string of the molecule is NC(=O)c1ccccc1NCC(=O)NCCc1ccc(OC(F)F)cc1. The molecule has 0 aromatic heterocycles. The van der Waals surface area contributed by atoms with Crippen molar-refractivity contribution in [3.63, 3.8) is 0 Å². The van der Waals surface area contributed by atoms with Gasteiger partial charge in [0.05, 0.1) is 12.1 Å². The molecule has 0 aliphatic carbocycles. The molecule has 26 heavy (non-hydrogen) atoms. The van der Waals surface area contributed by atoms with E-state index < -0.39 is 12.5 Å². The van der Waals surface area contributed by atoms with Gasteiger partial charge in [0.15, 0.2) is 0 Å². The molecule has 0 fully saturated rings. The Morgan fingerprint density at radius 1 is 1.08 bits per heavy atom. The molecule has 0 aliphatic heterocycles. The number of hydrogen-bond acceptors (Lipinski definition) is 4. The number of hydrogen-bond donors (Lipinski definition) is 3. The molecule has 0 unspecified atom stereocenters. The molecule has 0 spiro atoms. The number of carbonyl (C=O) groups excluding carboxylic acids is 2. The number of ether oxygens (including phenoxy) is 1. The van der Waals surface area contributed by atoms with Crippen LogP contribution in [0.2, 0.25) is 0 Å². The zero-order chi connectivity index (χ0) is 18.9. The number of nitrogens with two attached hydrogens (primary N) is 1. The van der Waals surface area contributed by atoms with Crippen molar-refractivity contribution >= 4 is 17.5 Å². The van der Waals surface area contributed by atoms with E-state index in [4.69, 9.17) is 5.73 Å². The van der Waals surface area contributed by atoms with Gasteiger partial charge < -0.3 is 21.1 Å². The van der Waals surface area contributed by atoms with Crippen molar-refractivity contribution in [2.24, 2.45) is 5.73 Å². The Morgan fingerprint density at radius 2 is 1.77 bits per heavy atom. The number of nitrogens with one attached hydrogen (secondary N) is 2. The van der Waals surface area contributed by atoms with Crippen LogP contribution in [0, 0.1) is 0 Å². The minimum absolute atomic E-state index is 0.00847. The summed E-state index contributed by atoms with van der Waals surface area (Å²) in [7, 11) is 0. The highest BCUT2D eigenvalue weighted by Gasteiger charge is 2.08. The van der Waals surface area contributed by atoms with Crippen molar-refractivity contribution in [2.75, 3.05) is 18.4 Å². The first-order chi connectivity index (χ1) is 12.5. The number of halogens is 2. The molecule has 4 N–H and O–H groups in total. The zero-order valence-corrected chi connectivity index (χ0v) is 13.9. The highest BCUT2D eigenvalue weighted by Crippen LogP contribution is 2.15. The van der Waals surface area contributed by atoms with Crippen LogP contribution in [0.15, 0.2) is 48.5 Å². The molecular formula is C18H19F2N3O3. The number of amides is 2. The van der Waals surface area contributed by atoms with Gasteiger partial charge in [0.2, 0.25) is 5.91 Å². The van der Waals surface area contributed by atoms with Gasteiger partial charge in [-0.25, -0.2) is 0 Å². The molecular weight excluding hydrogens is 344 g/mol. The second-order valence-electron chi connectivity index (χ2n) is 5.39. The van der Waals surface area contributed by atoms with Crippen molar-refractivity contribution < 1.29 is 23.1 Å². The topological polar surface area (TPSA) is 93.5 Å². The second kappa shape index (κ2) is 9.36. The summed E-state index contributed by atoms with van der Waals surface area (Å²) in [6, 6.07) is 12.9. The van der Waals surface area contributed by atoms with Gasteiger partial charge in [-0.3, -0.25) is 9.59 Å². The van der Waals surface area contributed by atoms with Crippen LogP contribution in [0.25, 0.3) is 0 Å². The van der Waals surface area contributed by atoms with Crippen LogP contribution >= 0.6 is 0 Å². The summed E-state index contributed by atoms with van der Waals surface area (Å²) in [6.45, 7) is -2.48. The summed E-state index contributed by atoms with van der Waals surface area (Å²) in [5.41, 5.74) is 6.95. The number of rotatable bonds is 9. The quantitative estimate of drug-likeness (QED) is 0.636. The Morgan fingerprint density at radius 3 is 2.42 bits per heavy atom. The molecule has 2 amide bonds. The fourth-order valence-corrected chi connectivity index (χ4v) is 2.27. The highest BCUT2D eigenvalue weighted by atomic mass is 19.3. The van der Waals surface area contributed by atoms with Gasteiger partial charge in [-0.1, -0.05) is 24.3 Å². The molecule has 6 nitrogen and oxygen atoms in total. The van der Waals surface area contributed by atoms with Crippen molar-refractivity contribution in [1.29, 1.82) is 0 Å². The minimum atomic E-state index is -2.85. The Labute approximate surface area is 149 Å². The van der Waals surface area contributed by atoms with E-state index in [0.717, 1.165) is 5.56 Å². The van der Waals surface area contributed by atoms with Crippen LogP contribution in [0.3, 0.4) is 0 Å². The van der Waals surface area contributed by atoms with Crippen LogP contribution in [-0.4, -0.2) is 31.5 Å². The monoisotopic (exact) mass is 363 g/mol. The number of alkyl halides is 2. The first-order valence-electron chi connectivity index (χ1n) is 7.89.